The minimum Gasteiger partial charge on any atom is -0.507 e. The van der Waals surface area contributed by atoms with Gasteiger partial charge >= 0.3 is 11.9 Å². The van der Waals surface area contributed by atoms with Crippen LogP contribution in [-0.2, 0) is 14.3 Å². The quantitative estimate of drug-likeness (QED) is 0.0947. The van der Waals surface area contributed by atoms with Crippen LogP contribution in [0.25, 0.3) is 5.76 Å². The predicted molar refractivity (Wildman–Crippen MR) is 163 cm³/mol. The first-order chi connectivity index (χ1) is 21.3. The summed E-state index contributed by atoms with van der Waals surface area (Å²) in [5.74, 6) is -0.925. The number of aryl methyl sites for hydroxylation is 1. The molecule has 12 heteroatoms. The number of anilines is 1. The second-order valence-electron chi connectivity index (χ2n) is 10.0. The Balaban J connectivity index is 1.67. The first-order valence-corrected chi connectivity index (χ1v) is 15.4. The summed E-state index contributed by atoms with van der Waals surface area (Å²) in [4.78, 5) is 45.9. The number of rotatable bonds is 11. The van der Waals surface area contributed by atoms with Crippen LogP contribution in [0.3, 0.4) is 0 Å². The van der Waals surface area contributed by atoms with E-state index in [1.165, 1.54) is 4.90 Å². The van der Waals surface area contributed by atoms with Gasteiger partial charge in [0.15, 0.2) is 28.1 Å². The predicted octanol–water partition coefficient (Wildman–Crippen LogP) is 5.60. The van der Waals surface area contributed by atoms with E-state index >= 15 is 0 Å². The Bertz CT molecular complexity index is 1610. The zero-order valence-electron chi connectivity index (χ0n) is 25.0. The number of aliphatic hydroxyl groups is 1. The summed E-state index contributed by atoms with van der Waals surface area (Å²) < 4.78 is 28.3. The molecule has 2 aliphatic rings. The lowest BCUT2D eigenvalue weighted by atomic mass is 9.95. The topological polar surface area (TPSA) is 134 Å². The van der Waals surface area contributed by atoms with Crippen molar-refractivity contribution in [2.24, 2.45) is 0 Å². The van der Waals surface area contributed by atoms with Crippen molar-refractivity contribution in [3.8, 4) is 23.0 Å². The molecule has 2 aromatic carbocycles. The van der Waals surface area contributed by atoms with Crippen LogP contribution in [0.15, 0.2) is 42.0 Å². The molecule has 1 aromatic heterocycles. The van der Waals surface area contributed by atoms with Gasteiger partial charge < -0.3 is 28.8 Å². The molecule has 0 saturated carbocycles. The highest BCUT2D eigenvalue weighted by Gasteiger charge is 2.49. The van der Waals surface area contributed by atoms with Crippen molar-refractivity contribution in [3.05, 3.63) is 63.7 Å². The number of nitrogens with zero attached hydrogens (tertiary/aromatic N) is 2. The Morgan fingerprint density at radius 1 is 1.02 bits per heavy atom. The van der Waals surface area contributed by atoms with Gasteiger partial charge in [0.1, 0.15) is 23.9 Å². The molecule has 0 bridgehead atoms. The lowest BCUT2D eigenvalue weighted by Gasteiger charge is -2.24. The number of fused-ring (bicyclic) bond motifs is 1. The van der Waals surface area contributed by atoms with Crippen LogP contribution in [0.1, 0.15) is 66.1 Å². The van der Waals surface area contributed by atoms with Crippen LogP contribution in [0.2, 0.25) is 0 Å². The summed E-state index contributed by atoms with van der Waals surface area (Å²) >= 11 is 0.939. The number of carbonyl (C=O) groups excluding carboxylic acids is 3. The first-order valence-electron chi connectivity index (χ1n) is 14.5. The van der Waals surface area contributed by atoms with Crippen molar-refractivity contribution in [2.45, 2.75) is 46.6 Å². The highest BCUT2D eigenvalue weighted by Crippen LogP contribution is 2.46. The number of thiazole rings is 1. The highest BCUT2D eigenvalue weighted by molar-refractivity contribution is 7.17. The minimum atomic E-state index is -1.10. The van der Waals surface area contributed by atoms with Crippen molar-refractivity contribution in [1.82, 2.24) is 4.98 Å². The number of ether oxygens (including phenoxy) is 5. The van der Waals surface area contributed by atoms with Crippen LogP contribution >= 0.6 is 11.3 Å². The van der Waals surface area contributed by atoms with Crippen molar-refractivity contribution in [1.29, 1.82) is 0 Å². The molecule has 3 heterocycles. The van der Waals surface area contributed by atoms with E-state index in [4.69, 9.17) is 23.7 Å². The Morgan fingerprint density at radius 2 is 1.80 bits per heavy atom. The van der Waals surface area contributed by atoms with Gasteiger partial charge in [-0.3, -0.25) is 14.5 Å². The normalized spacial score (nSPS) is 17.1. The van der Waals surface area contributed by atoms with Crippen molar-refractivity contribution >= 4 is 39.9 Å². The molecule has 232 valence electrons. The molecular formula is C32H34N2O9S. The third-order valence-corrected chi connectivity index (χ3v) is 8.19. The van der Waals surface area contributed by atoms with E-state index in [2.05, 4.69) is 11.9 Å². The van der Waals surface area contributed by atoms with E-state index in [9.17, 15) is 19.5 Å². The molecule has 2 aliphatic heterocycles. The summed E-state index contributed by atoms with van der Waals surface area (Å²) in [6, 6.07) is 8.83. The van der Waals surface area contributed by atoms with Gasteiger partial charge in [-0.05, 0) is 63.1 Å². The lowest BCUT2D eigenvalue weighted by Crippen LogP contribution is -2.29. The molecule has 44 heavy (non-hydrogen) atoms. The van der Waals surface area contributed by atoms with E-state index in [1.54, 1.807) is 50.2 Å². The van der Waals surface area contributed by atoms with Gasteiger partial charge in [0.2, 0.25) is 0 Å². The van der Waals surface area contributed by atoms with Gasteiger partial charge in [0.25, 0.3) is 5.78 Å². The average molecular weight is 623 g/mol. The highest BCUT2D eigenvalue weighted by atomic mass is 32.1. The number of aromatic nitrogens is 1. The molecule has 1 amide bonds. The van der Waals surface area contributed by atoms with Gasteiger partial charge in [-0.25, -0.2) is 9.78 Å². The summed E-state index contributed by atoms with van der Waals surface area (Å²) in [5.41, 5.74) is 0.939. The van der Waals surface area contributed by atoms with E-state index in [0.29, 0.717) is 60.7 Å². The van der Waals surface area contributed by atoms with E-state index in [-0.39, 0.29) is 27.8 Å². The molecule has 1 saturated heterocycles. The monoisotopic (exact) mass is 622 g/mol. The molecule has 1 fully saturated rings. The minimum absolute atomic E-state index is 0.111. The number of hydrogen-bond donors (Lipinski definition) is 1. The van der Waals surface area contributed by atoms with Crippen LogP contribution in [0.4, 0.5) is 5.13 Å². The largest absolute Gasteiger partial charge is 0.507 e. The molecule has 5 rings (SSSR count). The fourth-order valence-corrected chi connectivity index (χ4v) is 5.96. The summed E-state index contributed by atoms with van der Waals surface area (Å²) in [7, 11) is 0. The first kappa shape index (κ1) is 30.9. The second kappa shape index (κ2) is 13.4. The maximum absolute atomic E-state index is 13.7. The molecule has 0 aliphatic carbocycles. The fourth-order valence-electron chi connectivity index (χ4n) is 4.97. The summed E-state index contributed by atoms with van der Waals surface area (Å²) in [6.07, 6.45) is 1.81. The number of ketones is 1. The SMILES string of the molecule is CCCCOc1ccc([C@H]2/C(=C(\O)c3ccc4c(c3)OCCO4)C(=O)C(=O)N2c2nc(C)c(C(=O)OCC)s2)cc1OCC. The zero-order valence-corrected chi connectivity index (χ0v) is 25.8. The van der Waals surface area contributed by atoms with Crippen molar-refractivity contribution < 1.29 is 43.2 Å². The fraction of sp³-hybridized carbons (Fsp3) is 0.375. The van der Waals surface area contributed by atoms with E-state index in [0.717, 1.165) is 24.2 Å². The van der Waals surface area contributed by atoms with E-state index < -0.39 is 29.5 Å². The maximum Gasteiger partial charge on any atom is 0.350 e. The summed E-state index contributed by atoms with van der Waals surface area (Å²) in [5, 5.41) is 11.7. The number of Topliss-reactive ketones (excluding diaryl/α,β-unsaturated/α-hetero) is 1. The Morgan fingerprint density at radius 3 is 2.52 bits per heavy atom. The van der Waals surface area contributed by atoms with Gasteiger partial charge in [0, 0.05) is 5.56 Å². The number of esters is 1. The standard InChI is InChI=1S/C32H34N2O9S/c1-5-8-13-41-21-11-9-19(16-23(21)39-6-2)26-25(27(35)20-10-12-22-24(17-20)43-15-14-42-22)28(36)30(37)34(26)32-33-18(4)29(44-32)31(38)40-7-3/h9-12,16-17,26,35H,5-8,13-15H2,1-4H3/b27-25+/t26-/m0/s1. The molecule has 0 unspecified atom stereocenters. The molecular weight excluding hydrogens is 588 g/mol. The molecule has 0 spiro atoms. The van der Waals surface area contributed by atoms with Crippen LogP contribution in [0, 0.1) is 6.92 Å². The Kier molecular flexibility index (Phi) is 9.38. The van der Waals surface area contributed by atoms with Crippen LogP contribution < -0.4 is 23.8 Å². The maximum atomic E-state index is 13.7. The molecule has 11 nitrogen and oxygen atoms in total. The molecule has 1 atom stereocenters. The van der Waals surface area contributed by atoms with Crippen LogP contribution in [0.5, 0.6) is 23.0 Å². The number of carbonyl (C=O) groups is 3. The molecule has 0 radical (unpaired) electrons. The Hall–Kier alpha value is -4.58. The number of amides is 1. The average Bonchev–Trinajstić information content (AvgIpc) is 3.53. The lowest BCUT2D eigenvalue weighted by molar-refractivity contribution is -0.132. The number of hydrogen-bond acceptors (Lipinski definition) is 11. The molecule has 3 aromatic rings. The summed E-state index contributed by atoms with van der Waals surface area (Å²) in [6.45, 7) is 8.96. The van der Waals surface area contributed by atoms with Gasteiger partial charge in [0.05, 0.1) is 37.1 Å². The number of unbranched alkanes of at least 4 members (excludes halogenated alkanes) is 1. The van der Waals surface area contributed by atoms with Crippen LogP contribution in [-0.4, -0.2) is 60.8 Å². The van der Waals surface area contributed by atoms with Crippen molar-refractivity contribution in [3.63, 3.8) is 0 Å². The number of benzene rings is 2. The number of aliphatic hydroxyl groups excluding tert-OH is 1. The van der Waals surface area contributed by atoms with Gasteiger partial charge in [-0.1, -0.05) is 30.7 Å². The Labute approximate surface area is 259 Å². The smallest absolute Gasteiger partial charge is 0.350 e. The molecule has 1 N–H and O–H groups in total. The van der Waals surface area contributed by atoms with E-state index in [1.807, 2.05) is 6.92 Å². The third-order valence-electron chi connectivity index (χ3n) is 7.05. The zero-order chi connectivity index (χ0) is 31.4. The third kappa shape index (κ3) is 5.94. The van der Waals surface area contributed by atoms with Gasteiger partial charge in [-0.2, -0.15) is 0 Å². The van der Waals surface area contributed by atoms with Gasteiger partial charge in [-0.15, -0.1) is 0 Å². The second-order valence-corrected chi connectivity index (χ2v) is 11.0. The van der Waals surface area contributed by atoms with Crippen molar-refractivity contribution in [2.75, 3.05) is 37.9 Å².